The predicted molar refractivity (Wildman–Crippen MR) is 106 cm³/mol. The first-order chi connectivity index (χ1) is 13.2. The standard InChI is InChI=1S/C22H29NO4/c1-25-20-11-19(12-21(26-2)22(20)27-3)14-23-9-8-18(13-23)10-16-4-6-17(15-24)7-5-16/h4-7,11-12,18,24H,8-10,13-15H2,1-3H3/t18-/m1/s1. The molecule has 0 aliphatic carbocycles. The average molecular weight is 371 g/mol. The highest BCUT2D eigenvalue weighted by molar-refractivity contribution is 5.53. The molecule has 27 heavy (non-hydrogen) atoms. The molecule has 2 aromatic rings. The van der Waals surface area contributed by atoms with Gasteiger partial charge >= 0.3 is 0 Å². The largest absolute Gasteiger partial charge is 0.493 e. The second-order valence-corrected chi connectivity index (χ2v) is 7.10. The van der Waals surface area contributed by atoms with Crippen LogP contribution in [0.4, 0.5) is 0 Å². The zero-order valence-corrected chi connectivity index (χ0v) is 16.4. The Morgan fingerprint density at radius 2 is 1.56 bits per heavy atom. The highest BCUT2D eigenvalue weighted by Gasteiger charge is 2.23. The van der Waals surface area contributed by atoms with Crippen LogP contribution in [0.25, 0.3) is 0 Å². The lowest BCUT2D eigenvalue weighted by atomic mass is 9.98. The number of ether oxygens (including phenoxy) is 3. The lowest BCUT2D eigenvalue weighted by Crippen LogP contribution is -2.20. The maximum atomic E-state index is 9.16. The third-order valence-electron chi connectivity index (χ3n) is 5.23. The summed E-state index contributed by atoms with van der Waals surface area (Å²) < 4.78 is 16.3. The smallest absolute Gasteiger partial charge is 0.203 e. The van der Waals surface area contributed by atoms with Crippen molar-refractivity contribution in [3.05, 3.63) is 53.1 Å². The van der Waals surface area contributed by atoms with Crippen LogP contribution in [0.15, 0.2) is 36.4 Å². The van der Waals surface area contributed by atoms with Crippen molar-refractivity contribution in [1.82, 2.24) is 4.90 Å². The van der Waals surface area contributed by atoms with Gasteiger partial charge in [0, 0.05) is 13.1 Å². The molecular weight excluding hydrogens is 342 g/mol. The molecule has 3 rings (SSSR count). The van der Waals surface area contributed by atoms with Crippen LogP contribution in [0.2, 0.25) is 0 Å². The fraction of sp³-hybridized carbons (Fsp3) is 0.455. The van der Waals surface area contributed by atoms with Gasteiger partial charge in [0.15, 0.2) is 11.5 Å². The molecule has 1 N–H and O–H groups in total. The highest BCUT2D eigenvalue weighted by Crippen LogP contribution is 2.38. The highest BCUT2D eigenvalue weighted by atomic mass is 16.5. The van der Waals surface area contributed by atoms with E-state index >= 15 is 0 Å². The molecule has 0 unspecified atom stereocenters. The van der Waals surface area contributed by atoms with Crippen molar-refractivity contribution in [3.8, 4) is 17.2 Å². The molecule has 1 saturated heterocycles. The Bertz CT molecular complexity index is 719. The molecule has 5 heteroatoms. The van der Waals surface area contributed by atoms with Crippen molar-refractivity contribution >= 4 is 0 Å². The third kappa shape index (κ3) is 4.73. The Morgan fingerprint density at radius 3 is 2.11 bits per heavy atom. The molecule has 1 aliphatic heterocycles. The molecule has 5 nitrogen and oxygen atoms in total. The third-order valence-corrected chi connectivity index (χ3v) is 5.23. The number of benzene rings is 2. The molecule has 1 fully saturated rings. The maximum absolute atomic E-state index is 9.16. The normalized spacial score (nSPS) is 17.1. The van der Waals surface area contributed by atoms with E-state index in [2.05, 4.69) is 17.0 Å². The van der Waals surface area contributed by atoms with Crippen LogP contribution in [-0.2, 0) is 19.6 Å². The number of aliphatic hydroxyl groups excluding tert-OH is 1. The molecular formula is C22H29NO4. The lowest BCUT2D eigenvalue weighted by Gasteiger charge is -2.19. The number of hydrogen-bond donors (Lipinski definition) is 1. The quantitative estimate of drug-likeness (QED) is 0.772. The van der Waals surface area contributed by atoms with Crippen LogP contribution >= 0.6 is 0 Å². The van der Waals surface area contributed by atoms with E-state index in [-0.39, 0.29) is 6.61 Å². The minimum atomic E-state index is 0.103. The number of rotatable bonds is 8. The van der Waals surface area contributed by atoms with E-state index in [4.69, 9.17) is 19.3 Å². The minimum Gasteiger partial charge on any atom is -0.493 e. The molecule has 0 spiro atoms. The molecule has 0 amide bonds. The van der Waals surface area contributed by atoms with Gasteiger partial charge in [-0.3, -0.25) is 4.90 Å². The molecule has 0 aromatic heterocycles. The lowest BCUT2D eigenvalue weighted by molar-refractivity contribution is 0.282. The summed E-state index contributed by atoms with van der Waals surface area (Å²) in [5.74, 6) is 2.69. The van der Waals surface area contributed by atoms with E-state index in [0.29, 0.717) is 23.2 Å². The monoisotopic (exact) mass is 371 g/mol. The summed E-state index contributed by atoms with van der Waals surface area (Å²) in [6.07, 6.45) is 2.28. The van der Waals surface area contributed by atoms with Crippen molar-refractivity contribution in [1.29, 1.82) is 0 Å². The molecule has 146 valence electrons. The molecule has 0 saturated carbocycles. The van der Waals surface area contributed by atoms with E-state index in [1.54, 1.807) is 21.3 Å². The van der Waals surface area contributed by atoms with E-state index in [9.17, 15) is 0 Å². The van der Waals surface area contributed by atoms with Crippen molar-refractivity contribution in [2.75, 3.05) is 34.4 Å². The first kappa shape index (κ1) is 19.5. The Labute approximate surface area is 161 Å². The predicted octanol–water partition coefficient (Wildman–Crippen LogP) is 3.27. The minimum absolute atomic E-state index is 0.103. The summed E-state index contributed by atoms with van der Waals surface area (Å²) >= 11 is 0. The Morgan fingerprint density at radius 1 is 0.926 bits per heavy atom. The van der Waals surface area contributed by atoms with Crippen LogP contribution in [0.3, 0.4) is 0 Å². The van der Waals surface area contributed by atoms with Gasteiger partial charge in [-0.25, -0.2) is 0 Å². The summed E-state index contributed by atoms with van der Waals surface area (Å²) in [7, 11) is 4.92. The number of methoxy groups -OCH3 is 3. The van der Waals surface area contributed by atoms with Crippen LogP contribution in [0.1, 0.15) is 23.1 Å². The SMILES string of the molecule is COc1cc(CN2CC[C@H](Cc3ccc(CO)cc3)C2)cc(OC)c1OC. The number of hydrogen-bond acceptors (Lipinski definition) is 5. The van der Waals surface area contributed by atoms with Gasteiger partial charge in [-0.15, -0.1) is 0 Å². The van der Waals surface area contributed by atoms with Gasteiger partial charge in [-0.2, -0.15) is 0 Å². The molecule has 1 heterocycles. The van der Waals surface area contributed by atoms with Gasteiger partial charge in [-0.05, 0) is 54.1 Å². The van der Waals surface area contributed by atoms with Gasteiger partial charge in [-0.1, -0.05) is 24.3 Å². The summed E-state index contributed by atoms with van der Waals surface area (Å²) in [5.41, 5.74) is 3.47. The van der Waals surface area contributed by atoms with Gasteiger partial charge in [0.05, 0.1) is 27.9 Å². The van der Waals surface area contributed by atoms with Crippen molar-refractivity contribution in [3.63, 3.8) is 0 Å². The van der Waals surface area contributed by atoms with Crippen LogP contribution < -0.4 is 14.2 Å². The van der Waals surface area contributed by atoms with Crippen molar-refractivity contribution in [2.45, 2.75) is 26.0 Å². The fourth-order valence-corrected chi connectivity index (χ4v) is 3.82. The van der Waals surface area contributed by atoms with Crippen molar-refractivity contribution in [2.24, 2.45) is 5.92 Å². The second-order valence-electron chi connectivity index (χ2n) is 7.10. The second kappa shape index (κ2) is 9.11. The first-order valence-corrected chi connectivity index (χ1v) is 9.36. The Balaban J connectivity index is 1.62. The topological polar surface area (TPSA) is 51.2 Å². The van der Waals surface area contributed by atoms with Crippen LogP contribution in [0.5, 0.6) is 17.2 Å². The molecule has 2 aromatic carbocycles. The molecule has 0 radical (unpaired) electrons. The Hall–Kier alpha value is -2.24. The number of nitrogens with zero attached hydrogens (tertiary/aromatic N) is 1. The van der Waals surface area contributed by atoms with Crippen LogP contribution in [0, 0.1) is 5.92 Å². The summed E-state index contributed by atoms with van der Waals surface area (Å²) in [6.45, 7) is 3.15. The number of aliphatic hydroxyl groups is 1. The van der Waals surface area contributed by atoms with Gasteiger partial charge < -0.3 is 19.3 Å². The zero-order chi connectivity index (χ0) is 19.2. The van der Waals surface area contributed by atoms with E-state index in [0.717, 1.165) is 37.2 Å². The molecule has 0 bridgehead atoms. The summed E-state index contributed by atoms with van der Waals surface area (Å²) in [5, 5.41) is 9.16. The van der Waals surface area contributed by atoms with E-state index < -0.39 is 0 Å². The average Bonchev–Trinajstić information content (AvgIpc) is 3.14. The number of likely N-dealkylation sites (tertiary alicyclic amines) is 1. The maximum Gasteiger partial charge on any atom is 0.203 e. The zero-order valence-electron chi connectivity index (χ0n) is 16.4. The first-order valence-electron chi connectivity index (χ1n) is 9.36. The summed E-state index contributed by atoms with van der Waals surface area (Å²) in [6, 6.07) is 12.3. The van der Waals surface area contributed by atoms with Gasteiger partial charge in [0.25, 0.3) is 0 Å². The summed E-state index contributed by atoms with van der Waals surface area (Å²) in [4.78, 5) is 2.48. The van der Waals surface area contributed by atoms with E-state index in [1.165, 1.54) is 12.0 Å². The Kier molecular flexibility index (Phi) is 6.58. The van der Waals surface area contributed by atoms with Crippen LogP contribution in [-0.4, -0.2) is 44.4 Å². The van der Waals surface area contributed by atoms with Crippen molar-refractivity contribution < 1.29 is 19.3 Å². The van der Waals surface area contributed by atoms with E-state index in [1.807, 2.05) is 24.3 Å². The fourth-order valence-electron chi connectivity index (χ4n) is 3.82. The molecule has 1 aliphatic rings. The van der Waals surface area contributed by atoms with Gasteiger partial charge in [0.1, 0.15) is 0 Å². The van der Waals surface area contributed by atoms with Gasteiger partial charge in [0.2, 0.25) is 5.75 Å². The molecule has 1 atom stereocenters.